The van der Waals surface area contributed by atoms with Crippen molar-refractivity contribution in [3.8, 4) is 5.75 Å². The van der Waals surface area contributed by atoms with Crippen LogP contribution in [-0.2, 0) is 21.2 Å². The minimum atomic E-state index is -3.60. The van der Waals surface area contributed by atoms with Gasteiger partial charge in [0.25, 0.3) is 5.91 Å². The first-order valence-corrected chi connectivity index (χ1v) is 10.8. The number of aromatic hydroxyl groups is 1. The molecule has 0 spiro atoms. The highest BCUT2D eigenvalue weighted by atomic mass is 32.2. The Labute approximate surface area is 168 Å². The third-order valence-corrected chi connectivity index (χ3v) is 6.98. The van der Waals surface area contributed by atoms with Gasteiger partial charge in [0, 0.05) is 24.2 Å². The highest BCUT2D eigenvalue weighted by Crippen LogP contribution is 2.29. The van der Waals surface area contributed by atoms with Gasteiger partial charge in [-0.3, -0.25) is 4.79 Å². The summed E-state index contributed by atoms with van der Waals surface area (Å²) in [6.45, 7) is 1.38. The van der Waals surface area contributed by atoms with Crippen molar-refractivity contribution in [3.05, 3.63) is 59.2 Å². The van der Waals surface area contributed by atoms with Gasteiger partial charge in [-0.15, -0.1) is 0 Å². The van der Waals surface area contributed by atoms with E-state index in [1.54, 1.807) is 12.1 Å². The predicted octanol–water partition coefficient (Wildman–Crippen LogP) is 1.49. The van der Waals surface area contributed by atoms with Crippen molar-refractivity contribution < 1.29 is 23.1 Å². The van der Waals surface area contributed by atoms with Crippen molar-refractivity contribution >= 4 is 21.6 Å². The topological polar surface area (TPSA) is 108 Å². The molecule has 1 amide bonds. The fourth-order valence-electron chi connectivity index (χ4n) is 3.52. The normalized spacial score (nSPS) is 18.6. The summed E-state index contributed by atoms with van der Waals surface area (Å²) < 4.78 is 31.9. The number of benzene rings is 2. The minimum Gasteiger partial charge on any atom is -0.507 e. The summed E-state index contributed by atoms with van der Waals surface area (Å²) >= 11 is 0. The van der Waals surface area contributed by atoms with Crippen LogP contribution >= 0.6 is 0 Å². The summed E-state index contributed by atoms with van der Waals surface area (Å²) in [5, 5.41) is 14.2. The van der Waals surface area contributed by atoms with E-state index in [2.05, 4.69) is 10.5 Å². The van der Waals surface area contributed by atoms with Gasteiger partial charge < -0.3 is 9.84 Å². The molecule has 1 aliphatic carbocycles. The average Bonchev–Trinajstić information content (AvgIpc) is 3.17. The van der Waals surface area contributed by atoms with E-state index >= 15 is 0 Å². The number of carbonyl (C=O) groups is 1. The smallest absolute Gasteiger partial charge is 0.271 e. The summed E-state index contributed by atoms with van der Waals surface area (Å²) in [4.78, 5) is 12.5. The van der Waals surface area contributed by atoms with Gasteiger partial charge in [-0.05, 0) is 48.7 Å². The molecular weight excluding hydrogens is 394 g/mol. The standard InChI is InChI=1S/C20H21N3O5S/c24-18-3-1-2-14-6-9-17(19(14)18)21-22-20(25)15-4-7-16(8-5-15)29(26,27)23-10-12-28-13-11-23/h1-5,7-8,24H,6,9-13H2,(H,22,25)/b21-17+. The molecule has 2 aliphatic rings. The van der Waals surface area contributed by atoms with Gasteiger partial charge in [0.05, 0.1) is 23.8 Å². The lowest BCUT2D eigenvalue weighted by Gasteiger charge is -2.26. The monoisotopic (exact) mass is 415 g/mol. The van der Waals surface area contributed by atoms with E-state index in [9.17, 15) is 18.3 Å². The SMILES string of the molecule is O=C(N/N=C1\CCc2cccc(O)c21)c1ccc(S(=O)(=O)N2CCOCC2)cc1. The first-order valence-electron chi connectivity index (χ1n) is 9.33. The number of amides is 1. The molecule has 0 atom stereocenters. The Hall–Kier alpha value is -2.75. The van der Waals surface area contributed by atoms with Crippen LogP contribution in [0.15, 0.2) is 52.5 Å². The second-order valence-corrected chi connectivity index (χ2v) is 8.79. The molecule has 9 heteroatoms. The molecule has 8 nitrogen and oxygen atoms in total. The quantitative estimate of drug-likeness (QED) is 0.736. The number of phenolic OH excluding ortho intramolecular Hbond substituents is 1. The second kappa shape index (κ2) is 7.94. The zero-order valence-corrected chi connectivity index (χ0v) is 16.5. The molecule has 0 saturated carbocycles. The Morgan fingerprint density at radius 1 is 1.07 bits per heavy atom. The highest BCUT2D eigenvalue weighted by molar-refractivity contribution is 7.89. The fourth-order valence-corrected chi connectivity index (χ4v) is 4.92. The molecular formula is C20H21N3O5S. The molecule has 2 aromatic rings. The second-order valence-electron chi connectivity index (χ2n) is 6.85. The Bertz CT molecular complexity index is 1060. The maximum atomic E-state index is 12.6. The van der Waals surface area contributed by atoms with E-state index < -0.39 is 15.9 Å². The molecule has 29 heavy (non-hydrogen) atoms. The zero-order valence-electron chi connectivity index (χ0n) is 15.7. The Balaban J connectivity index is 1.47. The van der Waals surface area contributed by atoms with E-state index in [0.29, 0.717) is 49.6 Å². The number of phenols is 1. The molecule has 0 bridgehead atoms. The summed E-state index contributed by atoms with van der Waals surface area (Å²) in [6, 6.07) is 11.1. The van der Waals surface area contributed by atoms with Crippen LogP contribution in [0.3, 0.4) is 0 Å². The number of hydrogen-bond acceptors (Lipinski definition) is 6. The van der Waals surface area contributed by atoms with E-state index in [1.165, 1.54) is 28.6 Å². The number of nitrogens with one attached hydrogen (secondary N) is 1. The molecule has 4 rings (SSSR count). The molecule has 1 fully saturated rings. The first kappa shape index (κ1) is 19.6. The van der Waals surface area contributed by atoms with Crippen LogP contribution in [0.2, 0.25) is 0 Å². The summed E-state index contributed by atoms with van der Waals surface area (Å²) in [6.07, 6.45) is 1.39. The van der Waals surface area contributed by atoms with Crippen molar-refractivity contribution in [1.29, 1.82) is 0 Å². The largest absolute Gasteiger partial charge is 0.507 e. The van der Waals surface area contributed by atoms with E-state index in [4.69, 9.17) is 4.74 Å². The van der Waals surface area contributed by atoms with Gasteiger partial charge in [0.2, 0.25) is 10.0 Å². The third kappa shape index (κ3) is 3.89. The van der Waals surface area contributed by atoms with Crippen LogP contribution in [0.5, 0.6) is 5.75 Å². The maximum absolute atomic E-state index is 12.6. The van der Waals surface area contributed by atoms with Gasteiger partial charge >= 0.3 is 0 Å². The first-order chi connectivity index (χ1) is 14.0. The lowest BCUT2D eigenvalue weighted by molar-refractivity contribution is 0.0730. The van der Waals surface area contributed by atoms with Crippen molar-refractivity contribution in [2.45, 2.75) is 17.7 Å². The number of hydrogen-bond donors (Lipinski definition) is 2. The number of hydrazone groups is 1. The van der Waals surface area contributed by atoms with E-state index in [1.807, 2.05) is 6.07 Å². The number of sulfonamides is 1. The van der Waals surface area contributed by atoms with Crippen LogP contribution in [0.25, 0.3) is 0 Å². The van der Waals surface area contributed by atoms with Crippen molar-refractivity contribution in [3.63, 3.8) is 0 Å². The van der Waals surface area contributed by atoms with Gasteiger partial charge in [0.1, 0.15) is 5.75 Å². The molecule has 1 aliphatic heterocycles. The summed E-state index contributed by atoms with van der Waals surface area (Å²) in [5.74, 6) is -0.303. The maximum Gasteiger partial charge on any atom is 0.271 e. The van der Waals surface area contributed by atoms with Crippen LogP contribution in [0.4, 0.5) is 0 Å². The number of fused-ring (bicyclic) bond motifs is 1. The number of aryl methyl sites for hydroxylation is 1. The molecule has 2 aromatic carbocycles. The van der Waals surface area contributed by atoms with Gasteiger partial charge in [-0.2, -0.15) is 9.41 Å². The van der Waals surface area contributed by atoms with E-state index in [-0.39, 0.29) is 10.6 Å². The summed E-state index contributed by atoms with van der Waals surface area (Å²) in [5.41, 5.74) is 5.07. The number of rotatable bonds is 4. The molecule has 0 unspecified atom stereocenters. The Morgan fingerprint density at radius 3 is 2.52 bits per heavy atom. The summed E-state index contributed by atoms with van der Waals surface area (Å²) in [7, 11) is -3.60. The average molecular weight is 415 g/mol. The Morgan fingerprint density at radius 2 is 1.79 bits per heavy atom. The van der Waals surface area contributed by atoms with Crippen molar-refractivity contribution in [2.24, 2.45) is 5.10 Å². The molecule has 2 N–H and O–H groups in total. The van der Waals surface area contributed by atoms with Crippen molar-refractivity contribution in [1.82, 2.24) is 9.73 Å². The number of morpholine rings is 1. The van der Waals surface area contributed by atoms with E-state index in [0.717, 1.165) is 12.0 Å². The third-order valence-electron chi connectivity index (χ3n) is 5.07. The number of ether oxygens (including phenoxy) is 1. The Kier molecular flexibility index (Phi) is 5.35. The van der Waals surface area contributed by atoms with Gasteiger partial charge in [0.15, 0.2) is 0 Å². The lowest BCUT2D eigenvalue weighted by Crippen LogP contribution is -2.40. The molecule has 0 radical (unpaired) electrons. The number of carbonyl (C=O) groups excluding carboxylic acids is 1. The molecule has 1 saturated heterocycles. The van der Waals surface area contributed by atoms with Crippen LogP contribution < -0.4 is 5.43 Å². The van der Waals surface area contributed by atoms with Crippen LogP contribution in [0, 0.1) is 0 Å². The minimum absolute atomic E-state index is 0.136. The lowest BCUT2D eigenvalue weighted by atomic mass is 10.1. The van der Waals surface area contributed by atoms with Gasteiger partial charge in [-0.25, -0.2) is 13.8 Å². The van der Waals surface area contributed by atoms with Gasteiger partial charge in [-0.1, -0.05) is 12.1 Å². The van der Waals surface area contributed by atoms with Crippen molar-refractivity contribution in [2.75, 3.05) is 26.3 Å². The fraction of sp³-hybridized carbons (Fsp3) is 0.300. The molecule has 0 aromatic heterocycles. The highest BCUT2D eigenvalue weighted by Gasteiger charge is 2.26. The molecule has 1 heterocycles. The molecule has 152 valence electrons. The van der Waals surface area contributed by atoms with Crippen LogP contribution in [-0.4, -0.2) is 55.8 Å². The number of nitrogens with zero attached hydrogens (tertiary/aromatic N) is 2. The van der Waals surface area contributed by atoms with Crippen LogP contribution in [0.1, 0.15) is 27.9 Å². The predicted molar refractivity (Wildman–Crippen MR) is 106 cm³/mol. The zero-order chi connectivity index (χ0) is 20.4.